The fourth-order valence-corrected chi connectivity index (χ4v) is 3.34. The van der Waals surface area contributed by atoms with Gasteiger partial charge in [-0.05, 0) is 37.4 Å². The van der Waals surface area contributed by atoms with Gasteiger partial charge in [-0.15, -0.1) is 0 Å². The van der Waals surface area contributed by atoms with Gasteiger partial charge in [0, 0.05) is 11.4 Å². The molecule has 0 saturated carbocycles. The highest BCUT2D eigenvalue weighted by Crippen LogP contribution is 2.34. The Morgan fingerprint density at radius 1 is 1.03 bits per heavy atom. The third-order valence-corrected chi connectivity index (χ3v) is 4.95. The maximum absolute atomic E-state index is 13.2. The van der Waals surface area contributed by atoms with Crippen molar-refractivity contribution >= 4 is 22.5 Å². The minimum Gasteiger partial charge on any atom is -0.490 e. The first kappa shape index (κ1) is 23.4. The number of ether oxygens (including phenoxy) is 1. The number of rotatable bonds is 7. The molecule has 170 valence electrons. The van der Waals surface area contributed by atoms with Crippen LogP contribution >= 0.6 is 0 Å². The number of urea groups is 1. The summed E-state index contributed by atoms with van der Waals surface area (Å²) in [6.45, 7) is 3.24. The van der Waals surface area contributed by atoms with Crippen molar-refractivity contribution in [1.29, 1.82) is 0 Å². The molecule has 0 bridgehead atoms. The zero-order valence-electron chi connectivity index (χ0n) is 17.8. The summed E-state index contributed by atoms with van der Waals surface area (Å²) in [5, 5.41) is 14.7. The molecule has 2 amide bonds. The first-order valence-corrected chi connectivity index (χ1v) is 10.2. The molecule has 0 spiro atoms. The van der Waals surface area contributed by atoms with E-state index in [4.69, 9.17) is 4.74 Å². The van der Waals surface area contributed by atoms with E-state index in [1.54, 1.807) is 19.9 Å². The molecule has 0 heterocycles. The number of benzene rings is 3. The molecule has 0 radical (unpaired) electrons. The summed E-state index contributed by atoms with van der Waals surface area (Å²) in [4.78, 5) is 14.0. The van der Waals surface area contributed by atoms with Gasteiger partial charge in [-0.3, -0.25) is 0 Å². The maximum atomic E-state index is 13.2. The fourth-order valence-electron chi connectivity index (χ4n) is 3.34. The number of aliphatic hydroxyl groups excluding tert-OH is 1. The van der Waals surface area contributed by atoms with Gasteiger partial charge in [0.1, 0.15) is 18.5 Å². The number of hydrogen-bond donors (Lipinski definition) is 2. The number of alkyl halides is 3. The Kier molecular flexibility index (Phi) is 7.25. The molecule has 0 saturated heterocycles. The Hall–Kier alpha value is -3.26. The number of aliphatic hydroxyl groups is 1. The zero-order valence-corrected chi connectivity index (χ0v) is 17.8. The van der Waals surface area contributed by atoms with E-state index in [2.05, 4.69) is 5.32 Å². The number of carbonyl (C=O) groups is 1. The molecule has 1 unspecified atom stereocenters. The summed E-state index contributed by atoms with van der Waals surface area (Å²) >= 11 is 0. The standard InChI is InChI=1S/C24H25F3N2O3/c1-16(2)29(23(31)28-21-12-6-5-11-20(21)24(25,26)27)14-18(30)15-32-22-13-7-9-17-8-3-4-10-19(17)22/h3-13,16,18,30H,14-15H2,1-2H3,(H,28,31). The maximum Gasteiger partial charge on any atom is 0.418 e. The SMILES string of the molecule is CC(C)N(CC(O)COc1cccc2ccccc12)C(=O)Nc1ccccc1C(F)(F)F. The lowest BCUT2D eigenvalue weighted by atomic mass is 10.1. The van der Waals surface area contributed by atoms with Gasteiger partial charge in [-0.2, -0.15) is 13.2 Å². The number of carbonyl (C=O) groups excluding carboxylic acids is 1. The largest absolute Gasteiger partial charge is 0.490 e. The van der Waals surface area contributed by atoms with Crippen molar-refractivity contribution in [3.8, 4) is 5.75 Å². The summed E-state index contributed by atoms with van der Waals surface area (Å²) in [6.07, 6.45) is -5.64. The van der Waals surface area contributed by atoms with Gasteiger partial charge in [0.05, 0.1) is 17.8 Å². The second kappa shape index (κ2) is 9.91. The van der Waals surface area contributed by atoms with Crippen LogP contribution in [0.25, 0.3) is 10.8 Å². The number of amides is 2. The van der Waals surface area contributed by atoms with Crippen LogP contribution in [0.3, 0.4) is 0 Å². The predicted octanol–water partition coefficient (Wildman–Crippen LogP) is 5.54. The second-order valence-corrected chi connectivity index (χ2v) is 7.66. The van der Waals surface area contributed by atoms with Gasteiger partial charge in [0.25, 0.3) is 0 Å². The molecule has 3 rings (SSSR count). The van der Waals surface area contributed by atoms with E-state index < -0.39 is 23.9 Å². The van der Waals surface area contributed by atoms with Crippen molar-refractivity contribution in [2.75, 3.05) is 18.5 Å². The molecule has 3 aromatic rings. The molecule has 0 fully saturated rings. The minimum absolute atomic E-state index is 0.0797. The number of anilines is 1. The Morgan fingerprint density at radius 3 is 2.41 bits per heavy atom. The van der Waals surface area contributed by atoms with Crippen LogP contribution in [-0.2, 0) is 6.18 Å². The molecule has 2 N–H and O–H groups in total. The third-order valence-electron chi connectivity index (χ3n) is 4.95. The highest BCUT2D eigenvalue weighted by atomic mass is 19.4. The summed E-state index contributed by atoms with van der Waals surface area (Å²) in [5.74, 6) is 0.599. The highest BCUT2D eigenvalue weighted by molar-refractivity contribution is 5.90. The van der Waals surface area contributed by atoms with Crippen LogP contribution in [0.2, 0.25) is 0 Å². The number of halogens is 3. The average Bonchev–Trinajstić information content (AvgIpc) is 2.75. The second-order valence-electron chi connectivity index (χ2n) is 7.66. The van der Waals surface area contributed by atoms with Crippen molar-refractivity contribution in [1.82, 2.24) is 4.90 Å². The summed E-state index contributed by atoms with van der Waals surface area (Å²) in [6, 6.07) is 16.9. The zero-order chi connectivity index (χ0) is 23.3. The van der Waals surface area contributed by atoms with E-state index in [0.29, 0.717) is 5.75 Å². The first-order chi connectivity index (χ1) is 15.2. The molecule has 32 heavy (non-hydrogen) atoms. The van der Waals surface area contributed by atoms with Crippen molar-refractivity contribution in [2.45, 2.75) is 32.2 Å². The predicted molar refractivity (Wildman–Crippen MR) is 118 cm³/mol. The van der Waals surface area contributed by atoms with Gasteiger partial charge in [-0.25, -0.2) is 4.79 Å². The van der Waals surface area contributed by atoms with Crippen molar-refractivity contribution in [3.63, 3.8) is 0 Å². The highest BCUT2D eigenvalue weighted by Gasteiger charge is 2.34. The number of nitrogens with one attached hydrogen (secondary N) is 1. The third kappa shape index (κ3) is 5.70. The van der Waals surface area contributed by atoms with Gasteiger partial charge in [0.15, 0.2) is 0 Å². The van der Waals surface area contributed by atoms with E-state index in [0.717, 1.165) is 16.8 Å². The van der Waals surface area contributed by atoms with Gasteiger partial charge < -0.3 is 20.1 Å². The van der Waals surface area contributed by atoms with Crippen molar-refractivity contribution < 1.29 is 27.8 Å². The molecule has 0 aromatic heterocycles. The summed E-state index contributed by atoms with van der Waals surface area (Å²) < 4.78 is 45.4. The van der Waals surface area contributed by atoms with E-state index in [-0.39, 0.29) is 24.9 Å². The smallest absolute Gasteiger partial charge is 0.418 e. The Bertz CT molecular complexity index is 1060. The van der Waals surface area contributed by atoms with E-state index in [9.17, 15) is 23.1 Å². The van der Waals surface area contributed by atoms with Crippen molar-refractivity contribution in [3.05, 3.63) is 72.3 Å². The molecule has 3 aromatic carbocycles. The number of hydrogen-bond acceptors (Lipinski definition) is 3. The van der Waals surface area contributed by atoms with Gasteiger partial charge in [0.2, 0.25) is 0 Å². The minimum atomic E-state index is -4.60. The lowest BCUT2D eigenvalue weighted by molar-refractivity contribution is -0.136. The Balaban J connectivity index is 1.67. The van der Waals surface area contributed by atoms with Crippen LogP contribution in [0.1, 0.15) is 19.4 Å². The molecule has 0 aliphatic heterocycles. The fraction of sp³-hybridized carbons (Fsp3) is 0.292. The number of fused-ring (bicyclic) bond motifs is 1. The number of para-hydroxylation sites is 1. The van der Waals surface area contributed by atoms with Crippen LogP contribution in [0.5, 0.6) is 5.75 Å². The molecule has 5 nitrogen and oxygen atoms in total. The lowest BCUT2D eigenvalue weighted by Gasteiger charge is -2.29. The first-order valence-electron chi connectivity index (χ1n) is 10.2. The van der Waals surface area contributed by atoms with Crippen LogP contribution in [0.4, 0.5) is 23.7 Å². The molecule has 1 atom stereocenters. The lowest BCUT2D eigenvalue weighted by Crippen LogP contribution is -2.45. The topological polar surface area (TPSA) is 61.8 Å². The van der Waals surface area contributed by atoms with Crippen LogP contribution in [0, 0.1) is 0 Å². The van der Waals surface area contributed by atoms with Crippen LogP contribution in [-0.4, -0.2) is 41.3 Å². The molecule has 0 aliphatic rings. The van der Waals surface area contributed by atoms with Crippen LogP contribution in [0.15, 0.2) is 66.7 Å². The summed E-state index contributed by atoms with van der Waals surface area (Å²) in [7, 11) is 0. The van der Waals surface area contributed by atoms with E-state index >= 15 is 0 Å². The normalized spacial score (nSPS) is 12.6. The van der Waals surface area contributed by atoms with Crippen molar-refractivity contribution in [2.24, 2.45) is 0 Å². The van der Waals surface area contributed by atoms with E-state index in [1.165, 1.54) is 23.1 Å². The number of nitrogens with zero attached hydrogens (tertiary/aromatic N) is 1. The molecule has 0 aliphatic carbocycles. The van der Waals surface area contributed by atoms with Gasteiger partial charge >= 0.3 is 12.2 Å². The average molecular weight is 446 g/mol. The Labute approximate surface area is 184 Å². The molecular formula is C24H25F3N2O3. The monoisotopic (exact) mass is 446 g/mol. The Morgan fingerprint density at radius 2 is 1.69 bits per heavy atom. The van der Waals surface area contributed by atoms with Gasteiger partial charge in [-0.1, -0.05) is 48.5 Å². The molecular weight excluding hydrogens is 421 g/mol. The summed E-state index contributed by atoms with van der Waals surface area (Å²) in [5.41, 5.74) is -1.27. The molecule has 8 heteroatoms. The van der Waals surface area contributed by atoms with E-state index in [1.807, 2.05) is 36.4 Å². The van der Waals surface area contributed by atoms with Crippen LogP contribution < -0.4 is 10.1 Å². The quantitative estimate of drug-likeness (QED) is 0.501.